The molecule has 0 aromatic carbocycles. The molecule has 2 heterocycles. The third kappa shape index (κ3) is 1.84. The van der Waals surface area contributed by atoms with E-state index in [0.29, 0.717) is 0 Å². The first kappa shape index (κ1) is 7.79. The maximum atomic E-state index is 4.05. The van der Waals surface area contributed by atoms with Crippen molar-refractivity contribution in [2.45, 2.75) is 6.92 Å². The predicted molar refractivity (Wildman–Crippen MR) is 50.8 cm³/mol. The summed E-state index contributed by atoms with van der Waals surface area (Å²) in [4.78, 5) is 3.99. The standard InChI is InChI=1S/C9H10N4/c1-7-5-9(13-12-7)11-8-3-2-4-10-6-8/h2-6H,1H3,(H2,11,12,13). The fourth-order valence-electron chi connectivity index (χ4n) is 1.07. The fourth-order valence-corrected chi connectivity index (χ4v) is 1.07. The Hall–Kier alpha value is -1.84. The Morgan fingerprint density at radius 3 is 3.00 bits per heavy atom. The second-order valence-electron chi connectivity index (χ2n) is 2.80. The van der Waals surface area contributed by atoms with Crippen molar-refractivity contribution in [3.05, 3.63) is 36.3 Å². The van der Waals surface area contributed by atoms with Crippen LogP contribution in [0.15, 0.2) is 30.6 Å². The molecule has 0 atom stereocenters. The van der Waals surface area contributed by atoms with E-state index in [1.807, 2.05) is 25.1 Å². The van der Waals surface area contributed by atoms with E-state index < -0.39 is 0 Å². The van der Waals surface area contributed by atoms with E-state index in [2.05, 4.69) is 20.5 Å². The summed E-state index contributed by atoms with van der Waals surface area (Å²) in [6.45, 7) is 1.96. The number of aromatic nitrogens is 3. The van der Waals surface area contributed by atoms with E-state index in [9.17, 15) is 0 Å². The number of H-pyrrole nitrogens is 1. The fraction of sp³-hybridized carbons (Fsp3) is 0.111. The van der Waals surface area contributed by atoms with Gasteiger partial charge < -0.3 is 5.32 Å². The summed E-state index contributed by atoms with van der Waals surface area (Å²) in [7, 11) is 0. The highest BCUT2D eigenvalue weighted by molar-refractivity contribution is 5.54. The molecule has 66 valence electrons. The van der Waals surface area contributed by atoms with Crippen LogP contribution in [0, 0.1) is 6.92 Å². The maximum absolute atomic E-state index is 4.05. The number of nitrogens with zero attached hydrogens (tertiary/aromatic N) is 2. The first-order valence-electron chi connectivity index (χ1n) is 4.03. The van der Waals surface area contributed by atoms with Crippen LogP contribution in [0.25, 0.3) is 0 Å². The lowest BCUT2D eigenvalue weighted by Gasteiger charge is -1.99. The van der Waals surface area contributed by atoms with Crippen molar-refractivity contribution in [3.63, 3.8) is 0 Å². The highest BCUT2D eigenvalue weighted by Crippen LogP contribution is 2.12. The Morgan fingerprint density at radius 2 is 2.38 bits per heavy atom. The van der Waals surface area contributed by atoms with E-state index in [1.54, 1.807) is 12.4 Å². The first-order chi connectivity index (χ1) is 6.34. The van der Waals surface area contributed by atoms with Crippen LogP contribution in [0.5, 0.6) is 0 Å². The number of hydrogen-bond donors (Lipinski definition) is 2. The molecule has 0 fully saturated rings. The van der Waals surface area contributed by atoms with Gasteiger partial charge in [0, 0.05) is 18.0 Å². The Morgan fingerprint density at radius 1 is 1.46 bits per heavy atom. The molecule has 0 bridgehead atoms. The van der Waals surface area contributed by atoms with Crippen LogP contribution >= 0.6 is 0 Å². The lowest BCUT2D eigenvalue weighted by molar-refractivity contribution is 1.05. The van der Waals surface area contributed by atoms with E-state index in [-0.39, 0.29) is 0 Å². The average molecular weight is 174 g/mol. The highest BCUT2D eigenvalue weighted by atomic mass is 15.2. The van der Waals surface area contributed by atoms with Gasteiger partial charge in [0.15, 0.2) is 5.82 Å². The summed E-state index contributed by atoms with van der Waals surface area (Å²) < 4.78 is 0. The van der Waals surface area contributed by atoms with Gasteiger partial charge in [-0.2, -0.15) is 5.10 Å². The summed E-state index contributed by atoms with van der Waals surface area (Å²) >= 11 is 0. The number of aryl methyl sites for hydroxylation is 1. The van der Waals surface area contributed by atoms with Gasteiger partial charge in [-0.25, -0.2) is 0 Å². The van der Waals surface area contributed by atoms with Crippen LogP contribution in [0.3, 0.4) is 0 Å². The molecule has 0 aliphatic rings. The van der Waals surface area contributed by atoms with Crippen molar-refractivity contribution in [2.75, 3.05) is 5.32 Å². The monoisotopic (exact) mass is 174 g/mol. The molecular weight excluding hydrogens is 164 g/mol. The van der Waals surface area contributed by atoms with Crippen molar-refractivity contribution in [1.82, 2.24) is 15.2 Å². The van der Waals surface area contributed by atoms with Crippen LogP contribution in [0.4, 0.5) is 11.5 Å². The van der Waals surface area contributed by atoms with Gasteiger partial charge >= 0.3 is 0 Å². The zero-order valence-electron chi connectivity index (χ0n) is 7.28. The molecule has 0 spiro atoms. The van der Waals surface area contributed by atoms with Gasteiger partial charge in [-0.05, 0) is 19.1 Å². The quantitative estimate of drug-likeness (QED) is 0.730. The average Bonchev–Trinajstić information content (AvgIpc) is 2.53. The summed E-state index contributed by atoms with van der Waals surface area (Å²) in [6.07, 6.45) is 3.49. The molecule has 0 amide bonds. The van der Waals surface area contributed by atoms with Gasteiger partial charge in [0.1, 0.15) is 0 Å². The number of rotatable bonds is 2. The zero-order chi connectivity index (χ0) is 9.10. The molecule has 0 saturated carbocycles. The molecule has 0 radical (unpaired) electrons. The van der Waals surface area contributed by atoms with Gasteiger partial charge in [0.25, 0.3) is 0 Å². The van der Waals surface area contributed by atoms with E-state index in [4.69, 9.17) is 0 Å². The topological polar surface area (TPSA) is 53.6 Å². The van der Waals surface area contributed by atoms with Crippen LogP contribution in [-0.4, -0.2) is 15.2 Å². The predicted octanol–water partition coefficient (Wildman–Crippen LogP) is 1.86. The second kappa shape index (κ2) is 3.26. The van der Waals surface area contributed by atoms with Crippen LogP contribution < -0.4 is 5.32 Å². The third-order valence-electron chi connectivity index (χ3n) is 1.64. The number of nitrogens with one attached hydrogen (secondary N) is 2. The molecule has 13 heavy (non-hydrogen) atoms. The second-order valence-corrected chi connectivity index (χ2v) is 2.80. The molecule has 0 aliphatic heterocycles. The summed E-state index contributed by atoms with van der Waals surface area (Å²) in [6, 6.07) is 5.76. The molecule has 2 aromatic rings. The first-order valence-corrected chi connectivity index (χ1v) is 4.03. The van der Waals surface area contributed by atoms with E-state index in [1.165, 1.54) is 0 Å². The molecule has 2 N–H and O–H groups in total. The Labute approximate surface area is 76.0 Å². The number of aromatic amines is 1. The number of hydrogen-bond acceptors (Lipinski definition) is 3. The van der Waals surface area contributed by atoms with E-state index >= 15 is 0 Å². The smallest absolute Gasteiger partial charge is 0.152 e. The minimum atomic E-state index is 0.811. The molecule has 2 rings (SSSR count). The van der Waals surface area contributed by atoms with Gasteiger partial charge in [0.05, 0.1) is 11.9 Å². The summed E-state index contributed by atoms with van der Waals surface area (Å²) in [5, 5.41) is 10.0. The van der Waals surface area contributed by atoms with Crippen molar-refractivity contribution in [2.24, 2.45) is 0 Å². The minimum absolute atomic E-state index is 0.811. The Balaban J connectivity index is 2.15. The molecule has 2 aromatic heterocycles. The normalized spacial score (nSPS) is 9.92. The van der Waals surface area contributed by atoms with Crippen LogP contribution in [0.2, 0.25) is 0 Å². The highest BCUT2D eigenvalue weighted by Gasteiger charge is 1.96. The van der Waals surface area contributed by atoms with Gasteiger partial charge in [-0.15, -0.1) is 0 Å². The summed E-state index contributed by atoms with van der Waals surface area (Å²) in [5.41, 5.74) is 1.97. The van der Waals surface area contributed by atoms with Crippen molar-refractivity contribution >= 4 is 11.5 Å². The van der Waals surface area contributed by atoms with E-state index in [0.717, 1.165) is 17.2 Å². The zero-order valence-corrected chi connectivity index (χ0v) is 7.28. The molecular formula is C9H10N4. The lowest BCUT2D eigenvalue weighted by atomic mass is 10.4. The van der Waals surface area contributed by atoms with Gasteiger partial charge in [-0.1, -0.05) is 0 Å². The maximum Gasteiger partial charge on any atom is 0.152 e. The molecule has 0 unspecified atom stereocenters. The molecule has 0 saturated heterocycles. The minimum Gasteiger partial charge on any atom is -0.337 e. The number of pyridine rings is 1. The summed E-state index contributed by atoms with van der Waals surface area (Å²) in [5.74, 6) is 0.811. The van der Waals surface area contributed by atoms with Crippen molar-refractivity contribution in [1.29, 1.82) is 0 Å². The largest absolute Gasteiger partial charge is 0.337 e. The van der Waals surface area contributed by atoms with Gasteiger partial charge in [0.2, 0.25) is 0 Å². The van der Waals surface area contributed by atoms with Crippen LogP contribution in [0.1, 0.15) is 5.69 Å². The Bertz CT molecular complexity index is 380. The van der Waals surface area contributed by atoms with Crippen molar-refractivity contribution < 1.29 is 0 Å². The van der Waals surface area contributed by atoms with Crippen molar-refractivity contribution in [3.8, 4) is 0 Å². The van der Waals surface area contributed by atoms with Crippen LogP contribution in [-0.2, 0) is 0 Å². The number of anilines is 2. The SMILES string of the molecule is Cc1cc(Nc2cccnc2)n[nH]1. The molecule has 4 heteroatoms. The Kier molecular flexibility index (Phi) is 1.96. The van der Waals surface area contributed by atoms with Gasteiger partial charge in [-0.3, -0.25) is 10.1 Å². The molecule has 0 aliphatic carbocycles. The molecule has 4 nitrogen and oxygen atoms in total. The lowest BCUT2D eigenvalue weighted by Crippen LogP contribution is -1.90. The third-order valence-corrected chi connectivity index (χ3v) is 1.64.